The van der Waals surface area contributed by atoms with E-state index in [0.29, 0.717) is 0 Å². The maximum atomic E-state index is 11.2. The normalized spacial score (nSPS) is 9.75. The first kappa shape index (κ1) is 12.7. The molecule has 8 heteroatoms. The first-order chi connectivity index (χ1) is 7.51. The van der Waals surface area contributed by atoms with Crippen molar-refractivity contribution < 1.29 is 9.59 Å². The summed E-state index contributed by atoms with van der Waals surface area (Å²) in [5.41, 5.74) is 3.95. The Hall–Kier alpha value is -1.34. The summed E-state index contributed by atoms with van der Waals surface area (Å²) in [6.07, 6.45) is 0. The molecule has 0 saturated carbocycles. The molecule has 0 aromatic heterocycles. The van der Waals surface area contributed by atoms with Gasteiger partial charge in [0.2, 0.25) is 0 Å². The average molecular weight is 263 g/mol. The zero-order valence-corrected chi connectivity index (χ0v) is 9.39. The molecule has 0 aliphatic carbocycles. The summed E-state index contributed by atoms with van der Waals surface area (Å²) in [6.45, 7) is 0. The number of amides is 2. The standard InChI is InChI=1S/C8H8Cl2N4O2/c9-5-1-3(7(15)13-11)6(10)2-4(5)8(16)14-12/h1-2H,11-12H2,(H,13,15)(H,14,16). The van der Waals surface area contributed by atoms with E-state index in [1.807, 2.05) is 10.9 Å². The van der Waals surface area contributed by atoms with Crippen LogP contribution in [0, 0.1) is 0 Å². The number of benzene rings is 1. The van der Waals surface area contributed by atoms with E-state index >= 15 is 0 Å². The SMILES string of the molecule is NNC(=O)c1cc(Cl)c(C(=O)NN)cc1Cl. The summed E-state index contributed by atoms with van der Waals surface area (Å²) in [5.74, 6) is 8.68. The van der Waals surface area contributed by atoms with Crippen molar-refractivity contribution >= 4 is 35.0 Å². The van der Waals surface area contributed by atoms with Crippen LogP contribution in [0.5, 0.6) is 0 Å². The van der Waals surface area contributed by atoms with Crippen molar-refractivity contribution in [3.63, 3.8) is 0 Å². The van der Waals surface area contributed by atoms with Gasteiger partial charge in [-0.3, -0.25) is 20.4 Å². The molecule has 6 N–H and O–H groups in total. The van der Waals surface area contributed by atoms with Crippen LogP contribution >= 0.6 is 23.2 Å². The molecule has 0 atom stereocenters. The van der Waals surface area contributed by atoms with Crippen molar-refractivity contribution in [1.82, 2.24) is 10.9 Å². The molecule has 1 aromatic carbocycles. The predicted octanol–water partition coefficient (Wildman–Crippen LogP) is 0.200. The van der Waals surface area contributed by atoms with E-state index in [4.69, 9.17) is 34.9 Å². The average Bonchev–Trinajstić information content (AvgIpc) is 2.29. The van der Waals surface area contributed by atoms with Gasteiger partial charge in [-0.25, -0.2) is 11.7 Å². The second-order valence-electron chi connectivity index (χ2n) is 2.76. The minimum absolute atomic E-state index is 0.0472. The first-order valence-corrected chi connectivity index (χ1v) is 4.77. The highest BCUT2D eigenvalue weighted by Crippen LogP contribution is 2.25. The van der Waals surface area contributed by atoms with Crippen LogP contribution in [-0.4, -0.2) is 11.8 Å². The number of carbonyl (C=O) groups excluding carboxylic acids is 2. The largest absolute Gasteiger partial charge is 0.290 e. The lowest BCUT2D eigenvalue weighted by Gasteiger charge is -2.07. The van der Waals surface area contributed by atoms with E-state index in [9.17, 15) is 9.59 Å². The van der Waals surface area contributed by atoms with Gasteiger partial charge in [0.25, 0.3) is 11.8 Å². The third-order valence-electron chi connectivity index (χ3n) is 1.81. The van der Waals surface area contributed by atoms with Crippen molar-refractivity contribution in [2.45, 2.75) is 0 Å². The molecule has 16 heavy (non-hydrogen) atoms. The molecule has 0 fully saturated rings. The summed E-state index contributed by atoms with van der Waals surface area (Å²) in [5, 5.41) is 0.0944. The van der Waals surface area contributed by atoms with Gasteiger partial charge >= 0.3 is 0 Å². The van der Waals surface area contributed by atoms with E-state index in [1.54, 1.807) is 0 Å². The van der Waals surface area contributed by atoms with E-state index < -0.39 is 11.8 Å². The van der Waals surface area contributed by atoms with Crippen molar-refractivity contribution in [1.29, 1.82) is 0 Å². The molecule has 0 heterocycles. The third-order valence-corrected chi connectivity index (χ3v) is 2.43. The fraction of sp³-hybridized carbons (Fsp3) is 0. The number of hydrogen-bond donors (Lipinski definition) is 4. The number of halogens is 2. The van der Waals surface area contributed by atoms with Crippen LogP contribution in [0.4, 0.5) is 0 Å². The lowest BCUT2D eigenvalue weighted by Crippen LogP contribution is -2.31. The molecular weight excluding hydrogens is 255 g/mol. The number of carbonyl (C=O) groups is 2. The lowest BCUT2D eigenvalue weighted by molar-refractivity contribution is 0.0942. The molecule has 6 nitrogen and oxygen atoms in total. The monoisotopic (exact) mass is 262 g/mol. The van der Waals surface area contributed by atoms with Gasteiger partial charge in [-0.1, -0.05) is 23.2 Å². The van der Waals surface area contributed by atoms with Crippen LogP contribution in [0.15, 0.2) is 12.1 Å². The molecule has 0 radical (unpaired) electrons. The number of nitrogens with two attached hydrogens (primary N) is 2. The van der Waals surface area contributed by atoms with Crippen LogP contribution in [0.25, 0.3) is 0 Å². The Morgan fingerprint density at radius 2 is 1.25 bits per heavy atom. The van der Waals surface area contributed by atoms with Gasteiger partial charge in [-0.15, -0.1) is 0 Å². The van der Waals surface area contributed by atoms with Crippen LogP contribution in [0.1, 0.15) is 20.7 Å². The minimum Gasteiger partial charge on any atom is -0.290 e. The molecule has 0 aliphatic rings. The summed E-state index contributed by atoms with van der Waals surface area (Å²) in [7, 11) is 0. The number of nitrogen functional groups attached to an aromatic ring is 2. The maximum Gasteiger partial charge on any atom is 0.266 e. The molecule has 0 unspecified atom stereocenters. The Labute approximate surface area is 101 Å². The van der Waals surface area contributed by atoms with Gasteiger partial charge in [0.15, 0.2) is 0 Å². The molecule has 0 aliphatic heterocycles. The minimum atomic E-state index is -0.605. The van der Waals surface area contributed by atoms with Crippen LogP contribution < -0.4 is 22.5 Å². The summed E-state index contributed by atoms with van der Waals surface area (Å²) < 4.78 is 0. The van der Waals surface area contributed by atoms with Crippen molar-refractivity contribution in [3.8, 4) is 0 Å². The Balaban J connectivity index is 3.27. The second-order valence-corrected chi connectivity index (χ2v) is 3.57. The molecule has 2 amide bonds. The number of hydrogen-bond acceptors (Lipinski definition) is 4. The molecule has 1 aromatic rings. The molecule has 1 rings (SSSR count). The summed E-state index contributed by atoms with van der Waals surface area (Å²) in [6, 6.07) is 2.47. The smallest absolute Gasteiger partial charge is 0.266 e. The van der Waals surface area contributed by atoms with Gasteiger partial charge in [-0.2, -0.15) is 0 Å². The number of hydrazine groups is 2. The quantitative estimate of drug-likeness (QED) is 0.347. The van der Waals surface area contributed by atoms with Gasteiger partial charge in [0.05, 0.1) is 21.2 Å². The zero-order valence-electron chi connectivity index (χ0n) is 7.88. The molecule has 86 valence electrons. The zero-order chi connectivity index (χ0) is 12.3. The van der Waals surface area contributed by atoms with Gasteiger partial charge < -0.3 is 0 Å². The van der Waals surface area contributed by atoms with E-state index in [2.05, 4.69) is 0 Å². The second kappa shape index (κ2) is 5.13. The van der Waals surface area contributed by atoms with E-state index in [1.165, 1.54) is 12.1 Å². The molecular formula is C8H8Cl2N4O2. The fourth-order valence-electron chi connectivity index (χ4n) is 1.05. The Morgan fingerprint density at radius 3 is 1.50 bits per heavy atom. The van der Waals surface area contributed by atoms with Gasteiger partial charge in [0.1, 0.15) is 0 Å². The van der Waals surface area contributed by atoms with Crippen molar-refractivity contribution in [3.05, 3.63) is 33.3 Å². The van der Waals surface area contributed by atoms with Crippen molar-refractivity contribution in [2.75, 3.05) is 0 Å². The molecule has 0 spiro atoms. The maximum absolute atomic E-state index is 11.2. The van der Waals surface area contributed by atoms with Crippen LogP contribution in [0.2, 0.25) is 10.0 Å². The Kier molecular flexibility index (Phi) is 4.08. The summed E-state index contributed by atoms with van der Waals surface area (Å²) >= 11 is 11.6. The van der Waals surface area contributed by atoms with Crippen LogP contribution in [0.3, 0.4) is 0 Å². The highest BCUT2D eigenvalue weighted by atomic mass is 35.5. The highest BCUT2D eigenvalue weighted by Gasteiger charge is 2.16. The first-order valence-electron chi connectivity index (χ1n) is 4.02. The number of rotatable bonds is 2. The molecule has 0 bridgehead atoms. The summed E-state index contributed by atoms with van der Waals surface area (Å²) in [4.78, 5) is 22.5. The topological polar surface area (TPSA) is 110 Å². The molecule has 0 saturated heterocycles. The fourth-order valence-corrected chi connectivity index (χ4v) is 1.55. The predicted molar refractivity (Wildman–Crippen MR) is 59.8 cm³/mol. The van der Waals surface area contributed by atoms with Gasteiger partial charge in [0, 0.05) is 0 Å². The van der Waals surface area contributed by atoms with Gasteiger partial charge in [-0.05, 0) is 12.1 Å². The lowest BCUT2D eigenvalue weighted by atomic mass is 10.1. The van der Waals surface area contributed by atoms with Crippen LogP contribution in [-0.2, 0) is 0 Å². The number of nitrogens with one attached hydrogen (secondary N) is 2. The Bertz CT molecular complexity index is 408. The van der Waals surface area contributed by atoms with Crippen molar-refractivity contribution in [2.24, 2.45) is 11.7 Å². The van der Waals surface area contributed by atoms with E-state index in [-0.39, 0.29) is 21.2 Å². The Morgan fingerprint density at radius 1 is 0.938 bits per heavy atom. The highest BCUT2D eigenvalue weighted by molar-refractivity contribution is 6.37. The third kappa shape index (κ3) is 2.42. The van der Waals surface area contributed by atoms with E-state index in [0.717, 1.165) is 0 Å².